The Morgan fingerprint density at radius 1 is 0.962 bits per heavy atom. The molecule has 0 saturated heterocycles. The van der Waals surface area contributed by atoms with Crippen LogP contribution in [0.1, 0.15) is 5.69 Å². The molecule has 0 unspecified atom stereocenters. The van der Waals surface area contributed by atoms with Gasteiger partial charge in [0.15, 0.2) is 11.2 Å². The monoisotopic (exact) mass is 366 g/mol. The number of pyridine rings is 2. The number of nitrogens with zero attached hydrogens (tertiary/aromatic N) is 3. The van der Waals surface area contributed by atoms with Crippen LogP contribution in [0.4, 0.5) is 4.39 Å². The van der Waals surface area contributed by atoms with Gasteiger partial charge in [0.25, 0.3) is 0 Å². The smallest absolute Gasteiger partial charge is 0.209 e. The molecule has 0 aliphatic carbocycles. The summed E-state index contributed by atoms with van der Waals surface area (Å²) in [6.07, 6.45) is 1.51. The summed E-state index contributed by atoms with van der Waals surface area (Å²) < 4.78 is 13.3. The summed E-state index contributed by atoms with van der Waals surface area (Å²) in [6.45, 7) is 1.81. The largest absolute Gasteiger partial charge is 0.345 e. The molecule has 7 heteroatoms. The van der Waals surface area contributed by atoms with Gasteiger partial charge < -0.3 is 4.98 Å². The molecule has 26 heavy (non-hydrogen) atoms. The van der Waals surface area contributed by atoms with Crippen LogP contribution in [0, 0.1) is 12.7 Å². The first-order chi connectivity index (χ1) is 12.5. The van der Waals surface area contributed by atoms with Crippen LogP contribution < -0.4 is 5.43 Å². The number of aryl methyl sites for hydroxylation is 1. The van der Waals surface area contributed by atoms with Crippen LogP contribution in [0.25, 0.3) is 33.7 Å². The van der Waals surface area contributed by atoms with Crippen LogP contribution in [0.3, 0.4) is 0 Å². The van der Waals surface area contributed by atoms with Gasteiger partial charge in [-0.25, -0.2) is 19.3 Å². The molecule has 0 aliphatic rings. The number of halogens is 2. The summed E-state index contributed by atoms with van der Waals surface area (Å²) in [6, 6.07) is 10.8. The zero-order chi connectivity index (χ0) is 18.3. The quantitative estimate of drug-likeness (QED) is 0.541. The molecule has 0 bridgehead atoms. The Kier molecular flexibility index (Phi) is 3.97. The number of fused-ring (bicyclic) bond motifs is 1. The van der Waals surface area contributed by atoms with Gasteiger partial charge in [0.1, 0.15) is 11.0 Å². The number of aromatic nitrogens is 4. The first-order valence-electron chi connectivity index (χ1n) is 7.81. The molecule has 3 heterocycles. The van der Waals surface area contributed by atoms with E-state index < -0.39 is 0 Å². The van der Waals surface area contributed by atoms with Crippen LogP contribution >= 0.6 is 11.6 Å². The summed E-state index contributed by atoms with van der Waals surface area (Å²) >= 11 is 6.09. The van der Waals surface area contributed by atoms with E-state index in [0.717, 1.165) is 0 Å². The maximum Gasteiger partial charge on any atom is 0.209 e. The van der Waals surface area contributed by atoms with Crippen LogP contribution in [-0.2, 0) is 0 Å². The zero-order valence-electron chi connectivity index (χ0n) is 13.6. The van der Waals surface area contributed by atoms with Crippen LogP contribution in [0.2, 0.25) is 5.15 Å². The van der Waals surface area contributed by atoms with Gasteiger partial charge in [0, 0.05) is 29.1 Å². The second-order valence-corrected chi connectivity index (χ2v) is 6.17. The van der Waals surface area contributed by atoms with Crippen molar-refractivity contribution in [3.8, 4) is 22.5 Å². The predicted octanol–water partition coefficient (Wildman–Crippen LogP) is 4.15. The maximum absolute atomic E-state index is 13.3. The minimum Gasteiger partial charge on any atom is -0.345 e. The van der Waals surface area contributed by atoms with E-state index in [4.69, 9.17) is 11.6 Å². The Morgan fingerprint density at radius 2 is 1.69 bits per heavy atom. The van der Waals surface area contributed by atoms with Gasteiger partial charge in [-0.1, -0.05) is 11.6 Å². The number of benzene rings is 1. The van der Waals surface area contributed by atoms with E-state index in [-0.39, 0.29) is 16.8 Å². The standard InChI is InChI=1S/C19H12ClFN4O/c1-10-8-12(9-15(20)23-10)17-16(11-2-4-13(21)5-3-11)25-19-18(24-17)14(26)6-7-22-19/h2-9H,1H3,(H,22,25,26). The lowest BCUT2D eigenvalue weighted by Crippen LogP contribution is -2.07. The predicted molar refractivity (Wildman–Crippen MR) is 98.5 cm³/mol. The second kappa shape index (κ2) is 6.31. The Balaban J connectivity index is 2.08. The molecule has 0 aliphatic heterocycles. The van der Waals surface area contributed by atoms with Crippen molar-refractivity contribution in [2.75, 3.05) is 0 Å². The highest BCUT2D eigenvalue weighted by Crippen LogP contribution is 2.31. The van der Waals surface area contributed by atoms with Crippen molar-refractivity contribution in [1.82, 2.24) is 19.9 Å². The minimum absolute atomic E-state index is 0.221. The Morgan fingerprint density at radius 3 is 2.42 bits per heavy atom. The van der Waals surface area contributed by atoms with Crippen molar-refractivity contribution in [2.24, 2.45) is 0 Å². The summed E-state index contributed by atoms with van der Waals surface area (Å²) in [7, 11) is 0. The molecular formula is C19H12ClFN4O. The minimum atomic E-state index is -0.347. The molecule has 4 aromatic rings. The number of hydrogen-bond acceptors (Lipinski definition) is 4. The lowest BCUT2D eigenvalue weighted by Gasteiger charge is -2.11. The van der Waals surface area contributed by atoms with E-state index in [1.807, 2.05) is 13.0 Å². The lowest BCUT2D eigenvalue weighted by molar-refractivity contribution is 0.628. The topological polar surface area (TPSA) is 71.5 Å². The first-order valence-corrected chi connectivity index (χ1v) is 8.19. The van der Waals surface area contributed by atoms with Crippen LogP contribution in [-0.4, -0.2) is 19.9 Å². The average molecular weight is 367 g/mol. The average Bonchev–Trinajstić information content (AvgIpc) is 2.61. The van der Waals surface area contributed by atoms with Crippen molar-refractivity contribution in [2.45, 2.75) is 6.92 Å². The number of nitrogens with one attached hydrogen (secondary N) is 1. The molecule has 0 amide bonds. The van der Waals surface area contributed by atoms with Crippen molar-refractivity contribution >= 4 is 22.8 Å². The molecule has 0 fully saturated rings. The molecular weight excluding hydrogens is 355 g/mol. The third kappa shape index (κ3) is 2.95. The van der Waals surface area contributed by atoms with E-state index in [9.17, 15) is 9.18 Å². The highest BCUT2D eigenvalue weighted by atomic mass is 35.5. The molecule has 4 rings (SSSR count). The number of rotatable bonds is 2. The van der Waals surface area contributed by atoms with E-state index >= 15 is 0 Å². The van der Waals surface area contributed by atoms with Gasteiger partial charge in [-0.15, -0.1) is 0 Å². The SMILES string of the molecule is Cc1cc(-c2nc3c(=O)cc[nH]c3nc2-c2ccc(F)cc2)cc(Cl)n1. The number of hydrogen-bond donors (Lipinski definition) is 1. The van der Waals surface area contributed by atoms with Gasteiger partial charge >= 0.3 is 0 Å². The zero-order valence-corrected chi connectivity index (χ0v) is 14.4. The Bertz CT molecular complexity index is 1170. The van der Waals surface area contributed by atoms with Crippen molar-refractivity contribution in [3.05, 3.63) is 75.5 Å². The van der Waals surface area contributed by atoms with Crippen molar-refractivity contribution < 1.29 is 4.39 Å². The fourth-order valence-corrected chi connectivity index (χ4v) is 3.01. The Labute approximate surface area is 152 Å². The molecule has 1 aromatic carbocycles. The van der Waals surface area contributed by atoms with Gasteiger partial charge in [-0.05, 0) is 43.3 Å². The van der Waals surface area contributed by atoms with Crippen molar-refractivity contribution in [1.29, 1.82) is 0 Å². The van der Waals surface area contributed by atoms with E-state index in [1.54, 1.807) is 18.2 Å². The number of aromatic amines is 1. The fourth-order valence-electron chi connectivity index (χ4n) is 2.76. The third-order valence-corrected chi connectivity index (χ3v) is 4.09. The van der Waals surface area contributed by atoms with Gasteiger partial charge in [0.05, 0.1) is 11.4 Å². The van der Waals surface area contributed by atoms with Gasteiger partial charge in [-0.3, -0.25) is 4.79 Å². The summed E-state index contributed by atoms with van der Waals surface area (Å²) in [5.74, 6) is -0.347. The highest BCUT2D eigenvalue weighted by molar-refractivity contribution is 6.29. The van der Waals surface area contributed by atoms with Gasteiger partial charge in [-0.2, -0.15) is 0 Å². The van der Waals surface area contributed by atoms with E-state index in [1.165, 1.54) is 24.4 Å². The molecule has 0 spiro atoms. The fraction of sp³-hybridized carbons (Fsp3) is 0.0526. The molecule has 0 atom stereocenters. The Hall–Kier alpha value is -3.12. The highest BCUT2D eigenvalue weighted by Gasteiger charge is 2.16. The third-order valence-electron chi connectivity index (χ3n) is 3.90. The molecule has 1 N–H and O–H groups in total. The van der Waals surface area contributed by atoms with E-state index in [2.05, 4.69) is 19.9 Å². The lowest BCUT2D eigenvalue weighted by atomic mass is 10.0. The van der Waals surface area contributed by atoms with Crippen LogP contribution in [0.15, 0.2) is 53.5 Å². The molecule has 3 aromatic heterocycles. The molecule has 0 radical (unpaired) electrons. The maximum atomic E-state index is 13.3. The molecule has 128 valence electrons. The molecule has 5 nitrogen and oxygen atoms in total. The van der Waals surface area contributed by atoms with Crippen molar-refractivity contribution in [3.63, 3.8) is 0 Å². The van der Waals surface area contributed by atoms with Crippen LogP contribution in [0.5, 0.6) is 0 Å². The second-order valence-electron chi connectivity index (χ2n) is 5.79. The molecule has 0 saturated carbocycles. The first kappa shape index (κ1) is 16.4. The number of H-pyrrole nitrogens is 1. The van der Waals surface area contributed by atoms with Gasteiger partial charge in [0.2, 0.25) is 5.43 Å². The summed E-state index contributed by atoms with van der Waals surface area (Å²) in [4.78, 5) is 28.4. The summed E-state index contributed by atoms with van der Waals surface area (Å²) in [5, 5.41) is 0.314. The normalized spacial score (nSPS) is 11.0. The van der Waals surface area contributed by atoms with E-state index in [0.29, 0.717) is 39.0 Å². The summed E-state index contributed by atoms with van der Waals surface area (Å²) in [5.41, 5.74) is 3.40.